The van der Waals surface area contributed by atoms with E-state index in [1.165, 1.54) is 12.1 Å². The first-order chi connectivity index (χ1) is 17.1. The molecule has 0 heterocycles. The Kier molecular flexibility index (Phi) is 11.8. The summed E-state index contributed by atoms with van der Waals surface area (Å²) in [5.41, 5.74) is 4.93. The number of carbonyl (C=O) groups excluding carboxylic acids is 3. The summed E-state index contributed by atoms with van der Waals surface area (Å²) < 4.78 is 16.6. The van der Waals surface area contributed by atoms with E-state index in [-0.39, 0.29) is 30.5 Å². The fourth-order valence-electron chi connectivity index (χ4n) is 3.31. The van der Waals surface area contributed by atoms with E-state index in [1.807, 2.05) is 20.8 Å². The first kappa shape index (κ1) is 32.1. The van der Waals surface area contributed by atoms with Crippen molar-refractivity contribution in [3.05, 3.63) is 23.8 Å². The lowest BCUT2D eigenvalue weighted by molar-refractivity contribution is -0.147. The lowest BCUT2D eigenvalue weighted by Crippen LogP contribution is -2.40. The van der Waals surface area contributed by atoms with Crippen molar-refractivity contribution >= 4 is 23.9 Å². The van der Waals surface area contributed by atoms with Crippen LogP contribution in [0.1, 0.15) is 92.6 Å². The molecule has 0 amide bonds. The predicted molar refractivity (Wildman–Crippen MR) is 139 cm³/mol. The molecule has 9 heteroatoms. The van der Waals surface area contributed by atoms with Crippen LogP contribution in [0.3, 0.4) is 0 Å². The Hall–Kier alpha value is -2.94. The molecule has 0 aliphatic heterocycles. The van der Waals surface area contributed by atoms with Crippen molar-refractivity contribution in [1.82, 2.24) is 0 Å². The minimum absolute atomic E-state index is 0.0120. The van der Waals surface area contributed by atoms with Crippen LogP contribution in [-0.4, -0.2) is 41.6 Å². The van der Waals surface area contributed by atoms with E-state index in [9.17, 15) is 24.3 Å². The maximum absolute atomic E-state index is 12.9. The van der Waals surface area contributed by atoms with Gasteiger partial charge in [0.15, 0.2) is 11.5 Å². The van der Waals surface area contributed by atoms with Gasteiger partial charge in [0.05, 0.1) is 17.4 Å². The number of esters is 3. The summed E-state index contributed by atoms with van der Waals surface area (Å²) in [5.74, 6) is -3.88. The SMILES string of the molecule is CCCC(=O)OCC(C)C(c1ccc(OC(=O)C(C)(C)CC)c(OC(=O)C(C)(C)CC)c1)[C@H](N)C(=O)O. The highest BCUT2D eigenvalue weighted by atomic mass is 16.6. The van der Waals surface area contributed by atoms with Crippen LogP contribution >= 0.6 is 0 Å². The highest BCUT2D eigenvalue weighted by Gasteiger charge is 2.35. The Balaban J connectivity index is 3.52. The van der Waals surface area contributed by atoms with E-state index in [0.29, 0.717) is 24.8 Å². The molecule has 1 rings (SSSR count). The minimum Gasteiger partial charge on any atom is -0.480 e. The maximum Gasteiger partial charge on any atom is 0.321 e. The van der Waals surface area contributed by atoms with Crippen LogP contribution in [0.2, 0.25) is 0 Å². The number of hydrogen-bond acceptors (Lipinski definition) is 8. The summed E-state index contributed by atoms with van der Waals surface area (Å²) in [6.45, 7) is 14.2. The molecule has 0 saturated heterocycles. The van der Waals surface area contributed by atoms with Gasteiger partial charge in [0.2, 0.25) is 0 Å². The lowest BCUT2D eigenvalue weighted by Gasteiger charge is -2.29. The molecule has 0 saturated carbocycles. The molecule has 0 fully saturated rings. The number of benzene rings is 1. The van der Waals surface area contributed by atoms with E-state index in [4.69, 9.17) is 19.9 Å². The molecule has 3 N–H and O–H groups in total. The summed E-state index contributed by atoms with van der Waals surface area (Å²) >= 11 is 0. The number of ether oxygens (including phenoxy) is 3. The van der Waals surface area contributed by atoms with Crippen molar-refractivity contribution < 1.29 is 38.5 Å². The summed E-state index contributed by atoms with van der Waals surface area (Å²) in [6, 6.07) is 3.20. The molecule has 0 radical (unpaired) electrons. The summed E-state index contributed by atoms with van der Waals surface area (Å²) in [7, 11) is 0. The molecule has 208 valence electrons. The molecule has 0 aromatic heterocycles. The van der Waals surface area contributed by atoms with Gasteiger partial charge in [-0.1, -0.05) is 33.8 Å². The zero-order valence-corrected chi connectivity index (χ0v) is 23.4. The van der Waals surface area contributed by atoms with E-state index in [1.54, 1.807) is 40.7 Å². The van der Waals surface area contributed by atoms with Gasteiger partial charge in [0.25, 0.3) is 0 Å². The highest BCUT2D eigenvalue weighted by molar-refractivity contribution is 5.82. The molecule has 0 aliphatic carbocycles. The summed E-state index contributed by atoms with van der Waals surface area (Å²) in [5, 5.41) is 9.68. The fourth-order valence-corrected chi connectivity index (χ4v) is 3.31. The van der Waals surface area contributed by atoms with Crippen LogP contribution in [0.25, 0.3) is 0 Å². The number of carboxylic acid groups (broad SMARTS) is 1. The molecule has 2 unspecified atom stereocenters. The Labute approximate surface area is 220 Å². The van der Waals surface area contributed by atoms with E-state index in [0.717, 1.165) is 0 Å². The molecule has 37 heavy (non-hydrogen) atoms. The summed E-state index contributed by atoms with van der Waals surface area (Å²) in [4.78, 5) is 49.4. The smallest absolute Gasteiger partial charge is 0.321 e. The number of carboxylic acids is 1. The summed E-state index contributed by atoms with van der Waals surface area (Å²) in [6.07, 6.45) is 1.93. The molecule has 0 spiro atoms. The number of aliphatic carboxylic acids is 1. The van der Waals surface area contributed by atoms with Gasteiger partial charge in [-0.15, -0.1) is 0 Å². The Bertz CT molecular complexity index is 969. The average molecular weight is 522 g/mol. The topological polar surface area (TPSA) is 142 Å². The van der Waals surface area contributed by atoms with Crippen LogP contribution in [-0.2, 0) is 23.9 Å². The lowest BCUT2D eigenvalue weighted by atomic mass is 9.82. The number of nitrogens with two attached hydrogens (primary N) is 1. The first-order valence-electron chi connectivity index (χ1n) is 12.8. The largest absolute Gasteiger partial charge is 0.480 e. The van der Waals surface area contributed by atoms with Crippen LogP contribution < -0.4 is 15.2 Å². The second-order valence-corrected chi connectivity index (χ2v) is 10.8. The maximum atomic E-state index is 12.9. The number of carbonyl (C=O) groups is 4. The molecular weight excluding hydrogens is 478 g/mol. The van der Waals surface area contributed by atoms with Gasteiger partial charge >= 0.3 is 23.9 Å². The van der Waals surface area contributed by atoms with Gasteiger partial charge in [0, 0.05) is 12.3 Å². The van der Waals surface area contributed by atoms with Crippen molar-refractivity contribution in [2.45, 2.75) is 93.0 Å². The third-order valence-electron chi connectivity index (χ3n) is 6.88. The van der Waals surface area contributed by atoms with Crippen molar-refractivity contribution in [2.24, 2.45) is 22.5 Å². The van der Waals surface area contributed by atoms with E-state index >= 15 is 0 Å². The van der Waals surface area contributed by atoms with Gasteiger partial charge in [-0.25, -0.2) is 0 Å². The van der Waals surface area contributed by atoms with Crippen LogP contribution in [0, 0.1) is 16.7 Å². The Morgan fingerprint density at radius 1 is 0.919 bits per heavy atom. The normalized spacial score (nSPS) is 14.3. The van der Waals surface area contributed by atoms with Crippen LogP contribution in [0.5, 0.6) is 11.5 Å². The van der Waals surface area contributed by atoms with Crippen LogP contribution in [0.15, 0.2) is 18.2 Å². The van der Waals surface area contributed by atoms with Crippen molar-refractivity contribution in [2.75, 3.05) is 6.61 Å². The zero-order valence-electron chi connectivity index (χ0n) is 23.4. The molecule has 0 aliphatic rings. The van der Waals surface area contributed by atoms with Gasteiger partial charge in [-0.2, -0.15) is 0 Å². The third kappa shape index (κ3) is 8.84. The van der Waals surface area contributed by atoms with Crippen molar-refractivity contribution in [1.29, 1.82) is 0 Å². The third-order valence-corrected chi connectivity index (χ3v) is 6.88. The van der Waals surface area contributed by atoms with Gasteiger partial charge in [-0.3, -0.25) is 19.2 Å². The predicted octanol–water partition coefficient (Wildman–Crippen LogP) is 4.84. The Morgan fingerprint density at radius 3 is 1.89 bits per heavy atom. The molecular formula is C28H43NO8. The quantitative estimate of drug-likeness (QED) is 0.259. The van der Waals surface area contributed by atoms with Crippen LogP contribution in [0.4, 0.5) is 0 Å². The zero-order chi connectivity index (χ0) is 28.6. The van der Waals surface area contributed by atoms with Gasteiger partial charge < -0.3 is 25.1 Å². The molecule has 0 bridgehead atoms. The number of hydrogen-bond donors (Lipinski definition) is 2. The average Bonchev–Trinajstić information content (AvgIpc) is 2.84. The Morgan fingerprint density at radius 2 is 1.43 bits per heavy atom. The first-order valence-corrected chi connectivity index (χ1v) is 12.8. The molecule has 9 nitrogen and oxygen atoms in total. The van der Waals surface area contributed by atoms with Crippen molar-refractivity contribution in [3.63, 3.8) is 0 Å². The molecule has 3 atom stereocenters. The van der Waals surface area contributed by atoms with Gasteiger partial charge in [0.1, 0.15) is 6.04 Å². The number of rotatable bonds is 14. The standard InChI is InChI=1S/C28H43NO8/c1-9-12-21(30)35-16-17(4)22(23(29)24(31)32)18-13-14-19(36-25(33)27(5,6)10-2)20(15-18)37-26(34)28(7,8)11-3/h13-15,17,22-23H,9-12,16,29H2,1-8H3,(H,31,32)/t17?,22?,23-/m0/s1. The monoisotopic (exact) mass is 521 g/mol. The fraction of sp³-hybridized carbons (Fsp3) is 0.643. The highest BCUT2D eigenvalue weighted by Crippen LogP contribution is 2.38. The second-order valence-electron chi connectivity index (χ2n) is 10.8. The minimum atomic E-state index is -1.33. The molecule has 1 aromatic carbocycles. The van der Waals surface area contributed by atoms with Crippen molar-refractivity contribution in [3.8, 4) is 11.5 Å². The second kappa shape index (κ2) is 13.6. The molecule has 1 aromatic rings. The van der Waals surface area contributed by atoms with E-state index in [2.05, 4.69) is 0 Å². The van der Waals surface area contributed by atoms with E-state index < -0.39 is 46.6 Å². The van der Waals surface area contributed by atoms with Gasteiger partial charge in [-0.05, 0) is 70.6 Å².